The molecule has 2 aromatic carbocycles. The molecule has 8 heteroatoms. The Morgan fingerprint density at radius 3 is 2.86 bits per heavy atom. The molecule has 0 unspecified atom stereocenters. The number of methoxy groups -OCH3 is 1. The summed E-state index contributed by atoms with van der Waals surface area (Å²) in [6.45, 7) is 1.93. The third kappa shape index (κ3) is 2.84. The Balaban J connectivity index is 1.65. The summed E-state index contributed by atoms with van der Waals surface area (Å²) in [6.07, 6.45) is 0.283. The van der Waals surface area contributed by atoms with Gasteiger partial charge in [-0.3, -0.25) is 4.79 Å². The number of aromatic hydroxyl groups is 1. The van der Waals surface area contributed by atoms with Gasteiger partial charge in [-0.15, -0.1) is 0 Å². The van der Waals surface area contributed by atoms with Crippen LogP contribution in [0.4, 0.5) is 5.82 Å². The minimum atomic E-state index is -0.210. The molecule has 3 heterocycles. The number of aryl methyl sites for hydroxylation is 1. The van der Waals surface area contributed by atoms with E-state index in [-0.39, 0.29) is 24.0 Å². The lowest BCUT2D eigenvalue weighted by molar-refractivity contribution is -0.116. The largest absolute Gasteiger partial charge is 0.504 e. The van der Waals surface area contributed by atoms with Gasteiger partial charge in [0, 0.05) is 17.9 Å². The van der Waals surface area contributed by atoms with E-state index in [2.05, 4.69) is 15.4 Å². The molecule has 5 rings (SSSR count). The van der Waals surface area contributed by atoms with Gasteiger partial charge in [-0.2, -0.15) is 9.78 Å². The van der Waals surface area contributed by atoms with Crippen molar-refractivity contribution in [1.29, 1.82) is 0 Å². The van der Waals surface area contributed by atoms with Crippen molar-refractivity contribution in [3.8, 4) is 16.6 Å². The van der Waals surface area contributed by atoms with E-state index in [1.165, 1.54) is 18.4 Å². The Bertz CT molecular complexity index is 1230. The third-order valence-corrected chi connectivity index (χ3v) is 6.18. The maximum absolute atomic E-state index is 12.5. The number of nitrogens with one attached hydrogen (secondary N) is 1. The first-order chi connectivity index (χ1) is 14.0. The lowest BCUT2D eigenvalue weighted by atomic mass is 9.85. The summed E-state index contributed by atoms with van der Waals surface area (Å²) in [5, 5.41) is 18.6. The number of phenols is 1. The fraction of sp³-hybridized carbons (Fsp3) is 0.190. The number of carbonyl (C=O) groups is 1. The van der Waals surface area contributed by atoms with Crippen LogP contribution in [-0.2, 0) is 4.79 Å². The molecular formula is C21H18N4O3S. The first-order valence-corrected chi connectivity index (χ1v) is 9.99. The van der Waals surface area contributed by atoms with Crippen LogP contribution in [0.1, 0.15) is 29.2 Å². The SMILES string of the molecule is COc1ccc([C@H]2CC(=O)Nc3c2c(C)nn3-c2nc3ccccc3s2)cc1O. The van der Waals surface area contributed by atoms with Crippen molar-refractivity contribution in [1.82, 2.24) is 14.8 Å². The smallest absolute Gasteiger partial charge is 0.226 e. The lowest BCUT2D eigenvalue weighted by Gasteiger charge is -2.24. The molecule has 1 aliphatic rings. The lowest BCUT2D eigenvalue weighted by Crippen LogP contribution is -2.24. The molecule has 0 saturated heterocycles. The van der Waals surface area contributed by atoms with Crippen molar-refractivity contribution in [2.75, 3.05) is 12.4 Å². The zero-order valence-corrected chi connectivity index (χ0v) is 16.7. The molecule has 1 atom stereocenters. The second kappa shape index (κ2) is 6.59. The minimum absolute atomic E-state index is 0.0498. The highest BCUT2D eigenvalue weighted by Gasteiger charge is 2.33. The van der Waals surface area contributed by atoms with Crippen molar-refractivity contribution in [2.24, 2.45) is 0 Å². The van der Waals surface area contributed by atoms with Crippen molar-refractivity contribution in [2.45, 2.75) is 19.3 Å². The highest BCUT2D eigenvalue weighted by atomic mass is 32.1. The van der Waals surface area contributed by atoms with E-state index in [4.69, 9.17) is 4.74 Å². The average Bonchev–Trinajstić information content (AvgIpc) is 3.28. The van der Waals surface area contributed by atoms with Crippen molar-refractivity contribution >= 4 is 33.3 Å². The second-order valence-corrected chi connectivity index (χ2v) is 7.97. The van der Waals surface area contributed by atoms with Gasteiger partial charge in [0.25, 0.3) is 0 Å². The molecule has 29 heavy (non-hydrogen) atoms. The normalized spacial score (nSPS) is 15.9. The van der Waals surface area contributed by atoms with Crippen LogP contribution in [-0.4, -0.2) is 32.9 Å². The maximum atomic E-state index is 12.5. The number of aromatic nitrogens is 3. The van der Waals surface area contributed by atoms with Gasteiger partial charge >= 0.3 is 0 Å². The van der Waals surface area contributed by atoms with E-state index >= 15 is 0 Å². The number of para-hydroxylation sites is 1. The molecule has 2 aromatic heterocycles. The molecule has 7 nitrogen and oxygen atoms in total. The van der Waals surface area contributed by atoms with Crippen molar-refractivity contribution < 1.29 is 14.6 Å². The fourth-order valence-corrected chi connectivity index (χ4v) is 4.77. The van der Waals surface area contributed by atoms with Gasteiger partial charge in [0.2, 0.25) is 11.0 Å². The molecule has 0 bridgehead atoms. The second-order valence-electron chi connectivity index (χ2n) is 6.96. The number of benzene rings is 2. The zero-order chi connectivity index (χ0) is 20.1. The molecule has 0 aliphatic carbocycles. The number of nitrogens with zero attached hydrogens (tertiary/aromatic N) is 3. The summed E-state index contributed by atoms with van der Waals surface area (Å²) in [5.41, 5.74) is 3.49. The molecule has 1 amide bonds. The van der Waals surface area contributed by atoms with E-state index in [1.54, 1.807) is 16.8 Å². The van der Waals surface area contributed by atoms with E-state index in [9.17, 15) is 9.90 Å². The van der Waals surface area contributed by atoms with Crippen LogP contribution in [0.15, 0.2) is 42.5 Å². The number of rotatable bonds is 3. The number of hydrogen-bond acceptors (Lipinski definition) is 6. The number of carbonyl (C=O) groups excluding carboxylic acids is 1. The average molecular weight is 406 g/mol. The molecule has 0 fully saturated rings. The highest BCUT2D eigenvalue weighted by Crippen LogP contribution is 2.42. The van der Waals surface area contributed by atoms with E-state index in [0.29, 0.717) is 16.7 Å². The number of amides is 1. The molecule has 0 radical (unpaired) electrons. The topological polar surface area (TPSA) is 89.3 Å². The van der Waals surface area contributed by atoms with Gasteiger partial charge < -0.3 is 15.2 Å². The number of phenolic OH excluding ortho intramolecular Hbond substituents is 1. The Kier molecular flexibility index (Phi) is 4.02. The van der Waals surface area contributed by atoms with E-state index < -0.39 is 0 Å². The monoisotopic (exact) mass is 406 g/mol. The van der Waals surface area contributed by atoms with Gasteiger partial charge in [-0.25, -0.2) is 4.98 Å². The first kappa shape index (κ1) is 17.7. The van der Waals surface area contributed by atoms with Crippen LogP contribution in [0.25, 0.3) is 15.3 Å². The number of fused-ring (bicyclic) bond motifs is 2. The molecule has 0 saturated carbocycles. The van der Waals surface area contributed by atoms with Crippen LogP contribution >= 0.6 is 11.3 Å². The Labute approximate surface area is 170 Å². The third-order valence-electron chi connectivity index (χ3n) is 5.17. The summed E-state index contributed by atoms with van der Waals surface area (Å²) in [7, 11) is 1.51. The standard InChI is InChI=1S/C21H18N4O3S/c1-11-19-13(12-7-8-16(28-2)15(26)9-12)10-18(27)23-20(19)25(24-11)21-22-14-5-3-4-6-17(14)29-21/h3-9,13,26H,10H2,1-2H3,(H,23,27)/t13-/m1/s1. The maximum Gasteiger partial charge on any atom is 0.226 e. The Morgan fingerprint density at radius 2 is 2.10 bits per heavy atom. The first-order valence-electron chi connectivity index (χ1n) is 9.17. The highest BCUT2D eigenvalue weighted by molar-refractivity contribution is 7.20. The van der Waals surface area contributed by atoms with Gasteiger partial charge in [0.05, 0.1) is 23.0 Å². The fourth-order valence-electron chi connectivity index (χ4n) is 3.84. The summed E-state index contributed by atoms with van der Waals surface area (Å²) in [4.78, 5) is 17.2. The Hall–Kier alpha value is -3.39. The van der Waals surface area contributed by atoms with Crippen LogP contribution < -0.4 is 10.1 Å². The quantitative estimate of drug-likeness (QED) is 0.537. The predicted molar refractivity (Wildman–Crippen MR) is 111 cm³/mol. The number of hydrogen-bond donors (Lipinski definition) is 2. The zero-order valence-electron chi connectivity index (χ0n) is 15.8. The van der Waals surface area contributed by atoms with Crippen LogP contribution in [0, 0.1) is 6.92 Å². The summed E-state index contributed by atoms with van der Waals surface area (Å²) in [5.74, 6) is 0.779. The Morgan fingerprint density at radius 1 is 1.28 bits per heavy atom. The molecule has 2 N–H and O–H groups in total. The minimum Gasteiger partial charge on any atom is -0.504 e. The van der Waals surface area contributed by atoms with Gasteiger partial charge in [-0.05, 0) is 36.8 Å². The molecule has 4 aromatic rings. The molecule has 0 spiro atoms. The van der Waals surface area contributed by atoms with Crippen LogP contribution in [0.3, 0.4) is 0 Å². The van der Waals surface area contributed by atoms with Crippen molar-refractivity contribution in [3.05, 3.63) is 59.3 Å². The number of anilines is 1. The van der Waals surface area contributed by atoms with Gasteiger partial charge in [0.1, 0.15) is 5.82 Å². The number of thiazole rings is 1. The molecule has 146 valence electrons. The molecular weight excluding hydrogens is 388 g/mol. The summed E-state index contributed by atoms with van der Waals surface area (Å²) in [6, 6.07) is 13.1. The van der Waals surface area contributed by atoms with E-state index in [1.807, 2.05) is 37.3 Å². The summed E-state index contributed by atoms with van der Waals surface area (Å²) < 4.78 is 7.91. The summed E-state index contributed by atoms with van der Waals surface area (Å²) >= 11 is 1.52. The number of ether oxygens (including phenoxy) is 1. The van der Waals surface area contributed by atoms with Crippen molar-refractivity contribution in [3.63, 3.8) is 0 Å². The van der Waals surface area contributed by atoms with Crippen LogP contribution in [0.5, 0.6) is 11.5 Å². The predicted octanol–water partition coefficient (Wildman–Crippen LogP) is 3.98. The van der Waals surface area contributed by atoms with Gasteiger partial charge in [-0.1, -0.05) is 29.5 Å². The van der Waals surface area contributed by atoms with Gasteiger partial charge in [0.15, 0.2) is 11.5 Å². The molecule has 1 aliphatic heterocycles. The van der Waals surface area contributed by atoms with Crippen LogP contribution in [0.2, 0.25) is 0 Å². The van der Waals surface area contributed by atoms with E-state index in [0.717, 1.165) is 27.0 Å².